The molecule has 0 aliphatic carbocycles. The molecule has 88 valence electrons. The van der Waals surface area contributed by atoms with Crippen molar-refractivity contribution in [1.82, 2.24) is 9.36 Å². The molecule has 1 aromatic carbocycles. The third-order valence-corrected chi connectivity index (χ3v) is 3.07. The van der Waals surface area contributed by atoms with Crippen LogP contribution in [0.2, 0.25) is 10.0 Å². The largest absolute Gasteiger partial charge is 0.506 e. The van der Waals surface area contributed by atoms with Gasteiger partial charge in [-0.25, -0.2) is 4.98 Å². The molecule has 1 heterocycles. The Balaban J connectivity index is 2.30. The summed E-state index contributed by atoms with van der Waals surface area (Å²) in [5, 5.41) is 17.9. The first-order chi connectivity index (χ1) is 8.06. The van der Waals surface area contributed by atoms with E-state index in [0.717, 1.165) is 11.5 Å². The number of nitrogens with zero attached hydrogens (tertiary/aromatic N) is 4. The topological polar surface area (TPSA) is 70.7 Å². The molecule has 2 rings (SSSR count). The number of azo groups is 1. The molecule has 0 saturated carbocycles. The fraction of sp³-hybridized carbons (Fsp3) is 0.111. The van der Waals surface area contributed by atoms with Crippen LogP contribution >= 0.6 is 34.7 Å². The quantitative estimate of drug-likeness (QED) is 0.839. The molecule has 5 nitrogen and oxygen atoms in total. The fourth-order valence-corrected chi connectivity index (χ4v) is 1.88. The summed E-state index contributed by atoms with van der Waals surface area (Å²) in [7, 11) is 0. The molecule has 1 N–H and O–H groups in total. The Labute approximate surface area is 111 Å². The number of aryl methyl sites for hydroxylation is 1. The van der Waals surface area contributed by atoms with Crippen LogP contribution in [0.5, 0.6) is 5.75 Å². The van der Waals surface area contributed by atoms with Crippen LogP contribution in [0, 0.1) is 6.92 Å². The van der Waals surface area contributed by atoms with E-state index in [4.69, 9.17) is 23.2 Å². The minimum atomic E-state index is -0.0950. The Hall–Kier alpha value is -1.24. The maximum absolute atomic E-state index is 9.30. The summed E-state index contributed by atoms with van der Waals surface area (Å²) >= 11 is 12.7. The Bertz CT molecular complexity index is 584. The van der Waals surface area contributed by atoms with Gasteiger partial charge in [0.15, 0.2) is 0 Å². The van der Waals surface area contributed by atoms with Gasteiger partial charge in [0, 0.05) is 17.6 Å². The van der Waals surface area contributed by atoms with E-state index in [0.29, 0.717) is 16.6 Å². The van der Waals surface area contributed by atoms with E-state index in [2.05, 4.69) is 19.6 Å². The van der Waals surface area contributed by atoms with Crippen molar-refractivity contribution in [1.29, 1.82) is 0 Å². The molecular weight excluding hydrogens is 283 g/mol. The van der Waals surface area contributed by atoms with E-state index >= 15 is 0 Å². The summed E-state index contributed by atoms with van der Waals surface area (Å²) in [5.74, 6) is 0.543. The summed E-state index contributed by atoms with van der Waals surface area (Å²) in [6, 6.07) is 2.74. The zero-order valence-corrected chi connectivity index (χ0v) is 10.9. The van der Waals surface area contributed by atoms with E-state index in [1.807, 2.05) is 0 Å². The van der Waals surface area contributed by atoms with Crippen molar-refractivity contribution in [2.75, 3.05) is 0 Å². The monoisotopic (exact) mass is 288 g/mol. The molecule has 0 saturated heterocycles. The zero-order chi connectivity index (χ0) is 12.4. The SMILES string of the molecule is Cc1nsc(N=Nc2cc(Cl)c(O)cc2Cl)n1. The lowest BCUT2D eigenvalue weighted by atomic mass is 10.3. The van der Waals surface area contributed by atoms with Gasteiger partial charge in [-0.2, -0.15) is 4.37 Å². The first kappa shape index (κ1) is 12.2. The molecule has 17 heavy (non-hydrogen) atoms. The van der Waals surface area contributed by atoms with Gasteiger partial charge in [0.2, 0.25) is 5.13 Å². The van der Waals surface area contributed by atoms with E-state index < -0.39 is 0 Å². The summed E-state index contributed by atoms with van der Waals surface area (Å²) in [6.07, 6.45) is 0. The van der Waals surface area contributed by atoms with Crippen molar-refractivity contribution < 1.29 is 5.11 Å². The number of benzene rings is 1. The standard InChI is InChI=1S/C9H6Cl2N4OS/c1-4-12-9(17-15-4)14-13-7-2-6(11)8(16)3-5(7)10/h2-3,16H,1H3. The van der Waals surface area contributed by atoms with Crippen molar-refractivity contribution in [2.45, 2.75) is 6.92 Å². The molecule has 0 unspecified atom stereocenters. The molecular formula is C9H6Cl2N4OS. The lowest BCUT2D eigenvalue weighted by molar-refractivity contribution is 0.475. The number of phenols is 1. The smallest absolute Gasteiger partial charge is 0.249 e. The molecule has 0 fully saturated rings. The van der Waals surface area contributed by atoms with Gasteiger partial charge in [-0.3, -0.25) is 0 Å². The highest BCUT2D eigenvalue weighted by Crippen LogP contribution is 2.35. The van der Waals surface area contributed by atoms with Gasteiger partial charge in [0.05, 0.1) is 10.0 Å². The molecule has 0 atom stereocenters. The molecule has 2 aromatic rings. The Morgan fingerprint density at radius 2 is 2.00 bits per heavy atom. The highest BCUT2D eigenvalue weighted by atomic mass is 35.5. The summed E-state index contributed by atoms with van der Waals surface area (Å²) in [5.41, 5.74) is 0.363. The molecule has 8 heteroatoms. The van der Waals surface area contributed by atoms with E-state index in [1.165, 1.54) is 12.1 Å². The van der Waals surface area contributed by atoms with Gasteiger partial charge >= 0.3 is 0 Å². The molecule has 0 aliphatic rings. The second-order valence-electron chi connectivity index (χ2n) is 3.08. The first-order valence-corrected chi connectivity index (χ1v) is 5.99. The molecule has 0 aliphatic heterocycles. The molecule has 1 aromatic heterocycles. The summed E-state index contributed by atoms with van der Waals surface area (Å²) < 4.78 is 3.96. The van der Waals surface area contributed by atoms with Gasteiger partial charge in [-0.1, -0.05) is 23.2 Å². The number of rotatable bonds is 2. The Morgan fingerprint density at radius 1 is 1.24 bits per heavy atom. The fourth-order valence-electron chi connectivity index (χ4n) is 1.03. The molecule has 0 bridgehead atoms. The minimum absolute atomic E-state index is 0.0950. The molecule has 0 amide bonds. The maximum atomic E-state index is 9.30. The maximum Gasteiger partial charge on any atom is 0.249 e. The van der Waals surface area contributed by atoms with E-state index in [1.54, 1.807) is 6.92 Å². The van der Waals surface area contributed by atoms with Crippen molar-refractivity contribution in [3.8, 4) is 5.75 Å². The van der Waals surface area contributed by atoms with Gasteiger partial charge in [0.1, 0.15) is 17.3 Å². The van der Waals surface area contributed by atoms with Gasteiger partial charge in [0.25, 0.3) is 0 Å². The highest BCUT2D eigenvalue weighted by molar-refractivity contribution is 7.09. The zero-order valence-electron chi connectivity index (χ0n) is 8.55. The normalized spacial score (nSPS) is 11.2. The minimum Gasteiger partial charge on any atom is -0.506 e. The third-order valence-electron chi connectivity index (χ3n) is 1.78. The van der Waals surface area contributed by atoms with Crippen molar-refractivity contribution in [3.63, 3.8) is 0 Å². The second kappa shape index (κ2) is 4.95. The van der Waals surface area contributed by atoms with Crippen LogP contribution in [0.15, 0.2) is 22.4 Å². The molecule has 0 spiro atoms. The number of aromatic hydroxyl groups is 1. The van der Waals surface area contributed by atoms with Crippen LogP contribution in [0.4, 0.5) is 10.8 Å². The number of aromatic nitrogens is 2. The van der Waals surface area contributed by atoms with Crippen molar-refractivity contribution in [2.24, 2.45) is 10.2 Å². The predicted octanol–water partition coefficient (Wildman–Crippen LogP) is 4.27. The van der Waals surface area contributed by atoms with Gasteiger partial charge in [-0.05, 0) is 13.0 Å². The van der Waals surface area contributed by atoms with Crippen molar-refractivity contribution >= 4 is 45.6 Å². The number of phenolic OH excluding ortho intramolecular Hbond substituents is 1. The lowest BCUT2D eigenvalue weighted by Crippen LogP contribution is -1.72. The van der Waals surface area contributed by atoms with Crippen LogP contribution in [0.1, 0.15) is 5.82 Å². The number of hydrogen-bond acceptors (Lipinski definition) is 6. The van der Waals surface area contributed by atoms with E-state index in [9.17, 15) is 5.11 Å². The Kier molecular flexibility index (Phi) is 3.56. The number of hydrogen-bond donors (Lipinski definition) is 1. The first-order valence-electron chi connectivity index (χ1n) is 4.46. The predicted molar refractivity (Wildman–Crippen MR) is 66.9 cm³/mol. The van der Waals surface area contributed by atoms with Crippen molar-refractivity contribution in [3.05, 3.63) is 28.0 Å². The number of halogens is 2. The average molecular weight is 289 g/mol. The van der Waals surface area contributed by atoms with Crippen LogP contribution < -0.4 is 0 Å². The lowest BCUT2D eigenvalue weighted by Gasteiger charge is -1.99. The molecule has 0 radical (unpaired) electrons. The average Bonchev–Trinajstić information content (AvgIpc) is 2.68. The third kappa shape index (κ3) is 2.91. The second-order valence-corrected chi connectivity index (χ2v) is 4.62. The Morgan fingerprint density at radius 3 is 2.65 bits per heavy atom. The highest BCUT2D eigenvalue weighted by Gasteiger charge is 2.06. The summed E-state index contributed by atoms with van der Waals surface area (Å²) in [6.45, 7) is 1.76. The van der Waals surface area contributed by atoms with Crippen LogP contribution in [-0.4, -0.2) is 14.5 Å². The summed E-state index contributed by atoms with van der Waals surface area (Å²) in [4.78, 5) is 4.02. The van der Waals surface area contributed by atoms with Gasteiger partial charge in [-0.15, -0.1) is 10.2 Å². The van der Waals surface area contributed by atoms with Crippen LogP contribution in [-0.2, 0) is 0 Å². The van der Waals surface area contributed by atoms with E-state index in [-0.39, 0.29) is 15.8 Å². The van der Waals surface area contributed by atoms with Gasteiger partial charge < -0.3 is 5.11 Å². The van der Waals surface area contributed by atoms with Crippen LogP contribution in [0.25, 0.3) is 0 Å². The van der Waals surface area contributed by atoms with Crippen LogP contribution in [0.3, 0.4) is 0 Å².